The van der Waals surface area contributed by atoms with Crippen LogP contribution in [0.15, 0.2) is 24.3 Å². The molecule has 0 bridgehead atoms. The highest BCUT2D eigenvalue weighted by Crippen LogP contribution is 2.37. The van der Waals surface area contributed by atoms with Crippen LogP contribution in [-0.4, -0.2) is 73.3 Å². The van der Waals surface area contributed by atoms with Crippen LogP contribution in [0.2, 0.25) is 0 Å². The summed E-state index contributed by atoms with van der Waals surface area (Å²) in [6.07, 6.45) is 2.81. The Hall–Kier alpha value is -2.44. The molecule has 2 rings (SSSR count). The first-order valence-corrected chi connectivity index (χ1v) is 12.4. The van der Waals surface area contributed by atoms with E-state index >= 15 is 0 Å². The van der Waals surface area contributed by atoms with Crippen LogP contribution in [0.3, 0.4) is 0 Å². The van der Waals surface area contributed by atoms with Crippen molar-refractivity contribution in [3.63, 3.8) is 0 Å². The molecule has 3 atom stereocenters. The van der Waals surface area contributed by atoms with E-state index < -0.39 is 48.4 Å². The van der Waals surface area contributed by atoms with E-state index in [1.165, 1.54) is 0 Å². The molecule has 1 aromatic rings. The van der Waals surface area contributed by atoms with E-state index in [0.29, 0.717) is 5.75 Å². The van der Waals surface area contributed by atoms with Gasteiger partial charge in [0.05, 0.1) is 13.5 Å². The largest absolute Gasteiger partial charge is 0.480 e. The zero-order chi connectivity index (χ0) is 26.9. The van der Waals surface area contributed by atoms with Crippen molar-refractivity contribution in [2.24, 2.45) is 5.92 Å². The molecular formula is C26H43N3O7S2. The molecule has 38 heavy (non-hydrogen) atoms. The number of nitrogens with zero attached hydrogens (tertiary/aromatic N) is 1. The second kappa shape index (κ2) is 16.5. The Morgan fingerprint density at radius 3 is 2.39 bits per heavy atom. The second-order valence-electron chi connectivity index (χ2n) is 9.79. The summed E-state index contributed by atoms with van der Waals surface area (Å²) in [4.78, 5) is 51.1. The Morgan fingerprint density at radius 1 is 1.13 bits per heavy atom. The third-order valence-electron chi connectivity index (χ3n) is 6.77. The van der Waals surface area contributed by atoms with Gasteiger partial charge in [0.2, 0.25) is 5.91 Å². The lowest BCUT2D eigenvalue weighted by atomic mass is 9.74. The number of likely N-dealkylation sites (tertiary alicyclic amines) is 1. The summed E-state index contributed by atoms with van der Waals surface area (Å²) >= 11 is 0. The molecule has 1 aromatic carbocycles. The molecule has 1 saturated heterocycles. The molecule has 1 unspecified atom stereocenters. The van der Waals surface area contributed by atoms with Gasteiger partial charge >= 0.3 is 18.0 Å². The number of carbonyl (C=O) groups is 4. The quantitative estimate of drug-likeness (QED) is 0.287. The molecule has 0 saturated carbocycles. The fourth-order valence-electron chi connectivity index (χ4n) is 4.66. The van der Waals surface area contributed by atoms with Crippen LogP contribution in [0.25, 0.3) is 0 Å². The maximum absolute atomic E-state index is 12.8. The van der Waals surface area contributed by atoms with E-state index in [-0.39, 0.29) is 32.4 Å². The number of carbonyl (C=O) groups excluding carboxylic acids is 3. The molecular weight excluding hydrogens is 530 g/mol. The van der Waals surface area contributed by atoms with Crippen molar-refractivity contribution in [1.29, 1.82) is 0 Å². The minimum atomic E-state index is -1.37. The van der Waals surface area contributed by atoms with Gasteiger partial charge in [-0.25, -0.2) is 9.59 Å². The first-order valence-electron chi connectivity index (χ1n) is 12.4. The summed E-state index contributed by atoms with van der Waals surface area (Å²) in [7, 11) is 3.24. The zero-order valence-electron chi connectivity index (χ0n) is 22.8. The minimum Gasteiger partial charge on any atom is -0.480 e. The summed E-state index contributed by atoms with van der Waals surface area (Å²) in [6.45, 7) is 7.40. The third kappa shape index (κ3) is 10.0. The van der Waals surface area contributed by atoms with E-state index in [4.69, 9.17) is 4.74 Å². The Kier molecular flexibility index (Phi) is 15.4. The Balaban J connectivity index is 0.00000684. The van der Waals surface area contributed by atoms with Crippen molar-refractivity contribution in [3.8, 4) is 5.75 Å². The van der Waals surface area contributed by atoms with Gasteiger partial charge in [-0.1, -0.05) is 39.3 Å². The van der Waals surface area contributed by atoms with Crippen LogP contribution < -0.4 is 15.4 Å². The van der Waals surface area contributed by atoms with E-state index in [9.17, 15) is 24.3 Å². The predicted octanol–water partition coefficient (Wildman–Crippen LogP) is 2.92. The summed E-state index contributed by atoms with van der Waals surface area (Å²) in [5, 5.41) is 14.0. The van der Waals surface area contributed by atoms with Crippen molar-refractivity contribution in [2.75, 3.05) is 27.2 Å². The number of methoxy groups -OCH3 is 1. The monoisotopic (exact) mass is 573 g/mol. The van der Waals surface area contributed by atoms with Crippen LogP contribution >= 0.6 is 27.0 Å². The molecule has 0 radical (unpaired) electrons. The SMILES string of the molecule is CCC1(c2cccc(OC(=O)C[C@H](NC(=O)OC)C(=O)N[C@H](C(=O)O)C(C)C)c2)CCCCN(C)C1.S.S. The average Bonchev–Trinajstić information content (AvgIpc) is 3.03. The number of aliphatic carboxylic acids is 1. The normalized spacial score (nSPS) is 19.0. The van der Waals surface area contributed by atoms with Gasteiger partial charge in [-0.3, -0.25) is 9.59 Å². The van der Waals surface area contributed by atoms with Gasteiger partial charge in [0.1, 0.15) is 17.8 Å². The van der Waals surface area contributed by atoms with Crippen LogP contribution in [0.4, 0.5) is 4.79 Å². The molecule has 10 nitrogen and oxygen atoms in total. The second-order valence-corrected chi connectivity index (χ2v) is 9.79. The van der Waals surface area contributed by atoms with E-state index in [2.05, 4.69) is 34.2 Å². The Bertz CT molecular complexity index is 947. The molecule has 216 valence electrons. The number of carboxylic acids is 1. The maximum atomic E-state index is 12.8. The number of amides is 2. The smallest absolute Gasteiger partial charge is 0.407 e. The summed E-state index contributed by atoms with van der Waals surface area (Å²) < 4.78 is 10.1. The highest BCUT2D eigenvalue weighted by Gasteiger charge is 2.34. The number of nitrogens with one attached hydrogen (secondary N) is 2. The van der Waals surface area contributed by atoms with Crippen LogP contribution in [-0.2, 0) is 24.5 Å². The molecule has 1 aliphatic heterocycles. The lowest BCUT2D eigenvalue weighted by Crippen LogP contribution is -2.53. The van der Waals surface area contributed by atoms with E-state index in [1.807, 2.05) is 18.2 Å². The molecule has 12 heteroatoms. The number of carboxylic acid groups (broad SMARTS) is 1. The minimum absolute atomic E-state index is 0. The van der Waals surface area contributed by atoms with Crippen LogP contribution in [0, 0.1) is 5.92 Å². The van der Waals surface area contributed by atoms with Gasteiger partial charge in [0.25, 0.3) is 0 Å². The number of benzene rings is 1. The van der Waals surface area contributed by atoms with Gasteiger partial charge in [-0.2, -0.15) is 27.0 Å². The predicted molar refractivity (Wildman–Crippen MR) is 155 cm³/mol. The molecule has 1 aliphatic rings. The van der Waals surface area contributed by atoms with Crippen molar-refractivity contribution in [1.82, 2.24) is 15.5 Å². The average molecular weight is 574 g/mol. The Labute approximate surface area is 239 Å². The lowest BCUT2D eigenvalue weighted by molar-refractivity contribution is -0.143. The highest BCUT2D eigenvalue weighted by atomic mass is 32.1. The topological polar surface area (TPSA) is 134 Å². The number of rotatable bonds is 10. The van der Waals surface area contributed by atoms with Crippen LogP contribution in [0.5, 0.6) is 5.75 Å². The van der Waals surface area contributed by atoms with E-state index in [0.717, 1.165) is 51.4 Å². The van der Waals surface area contributed by atoms with Crippen LogP contribution in [0.1, 0.15) is 58.4 Å². The molecule has 2 amide bonds. The molecule has 3 N–H and O–H groups in total. The lowest BCUT2D eigenvalue weighted by Gasteiger charge is -2.35. The standard InChI is InChI=1S/C26H39N3O7.2H2S/c1-6-26(12-7-8-13-29(4)16-26)18-10-9-11-19(14-18)36-21(30)15-20(27-25(34)35-5)23(31)28-22(17(2)3)24(32)33;;/h9-11,14,17,20,22H,6-8,12-13,15-16H2,1-5H3,(H,27,34)(H,28,31)(H,32,33);2*1H2/t20-,22-,26?;;/m0../s1. The first kappa shape index (κ1) is 35.6. The fourth-order valence-corrected chi connectivity index (χ4v) is 4.66. The molecule has 0 aliphatic carbocycles. The molecule has 0 aromatic heterocycles. The Morgan fingerprint density at radius 2 is 1.82 bits per heavy atom. The summed E-state index contributed by atoms with van der Waals surface area (Å²) in [5.41, 5.74) is 1.04. The van der Waals surface area contributed by atoms with Gasteiger partial charge < -0.3 is 30.1 Å². The highest BCUT2D eigenvalue weighted by molar-refractivity contribution is 7.59. The number of hydrogen-bond acceptors (Lipinski definition) is 7. The summed E-state index contributed by atoms with van der Waals surface area (Å²) in [6, 6.07) is 4.88. The van der Waals surface area contributed by atoms with Gasteiger partial charge in [-0.15, -0.1) is 0 Å². The first-order chi connectivity index (χ1) is 17.0. The van der Waals surface area contributed by atoms with Gasteiger partial charge in [0, 0.05) is 12.0 Å². The number of ether oxygens (including phenoxy) is 2. The van der Waals surface area contributed by atoms with Crippen molar-refractivity contribution < 1.29 is 33.8 Å². The summed E-state index contributed by atoms with van der Waals surface area (Å²) in [5.74, 6) is -2.85. The van der Waals surface area contributed by atoms with Gasteiger partial charge in [0.15, 0.2) is 0 Å². The van der Waals surface area contributed by atoms with Crippen molar-refractivity contribution >= 4 is 50.9 Å². The number of likely N-dealkylation sites (N-methyl/N-ethyl adjacent to an activating group) is 1. The molecule has 1 heterocycles. The van der Waals surface area contributed by atoms with Crippen molar-refractivity contribution in [2.45, 2.75) is 70.4 Å². The molecule has 0 spiro atoms. The maximum Gasteiger partial charge on any atom is 0.407 e. The van der Waals surface area contributed by atoms with Gasteiger partial charge in [-0.05, 0) is 56.5 Å². The fraction of sp³-hybridized carbons (Fsp3) is 0.615. The number of alkyl carbamates (subject to hydrolysis) is 1. The van der Waals surface area contributed by atoms with E-state index in [1.54, 1.807) is 19.9 Å². The number of hydrogen-bond donors (Lipinski definition) is 3. The third-order valence-corrected chi connectivity index (χ3v) is 6.77. The number of esters is 1. The molecule has 1 fully saturated rings. The zero-order valence-corrected chi connectivity index (χ0v) is 24.8. The van der Waals surface area contributed by atoms with Crippen molar-refractivity contribution in [3.05, 3.63) is 29.8 Å².